The molecule has 3 heterocycles. The van der Waals surface area contributed by atoms with Crippen molar-refractivity contribution in [2.24, 2.45) is 0 Å². The Hall–Kier alpha value is -2.16. The van der Waals surface area contributed by atoms with Crippen molar-refractivity contribution < 1.29 is 17.6 Å². The molecule has 0 bridgehead atoms. The number of carbonyl (C=O) groups excluding carboxylic acids is 1. The third kappa shape index (κ3) is 4.61. The lowest BCUT2D eigenvalue weighted by Crippen LogP contribution is -2.40. The van der Waals surface area contributed by atoms with E-state index in [0.29, 0.717) is 25.2 Å². The van der Waals surface area contributed by atoms with E-state index in [1.54, 1.807) is 24.5 Å². The maximum atomic E-state index is 12.8. The highest BCUT2D eigenvalue weighted by molar-refractivity contribution is 7.89. The molecule has 0 spiro atoms. The topological polar surface area (TPSA) is 82.9 Å². The summed E-state index contributed by atoms with van der Waals surface area (Å²) in [5, 5.41) is 2.98. The summed E-state index contributed by atoms with van der Waals surface area (Å²) < 4.78 is 32.7. The Morgan fingerprint density at radius 3 is 2.43 bits per heavy atom. The Morgan fingerprint density at radius 1 is 1.00 bits per heavy atom. The second-order valence-electron chi connectivity index (χ2n) is 7.98. The molecule has 2 aliphatic rings. The molecule has 1 aromatic heterocycles. The van der Waals surface area contributed by atoms with Crippen LogP contribution in [0.15, 0.2) is 52.0 Å². The van der Waals surface area contributed by atoms with E-state index in [4.69, 9.17) is 4.42 Å². The van der Waals surface area contributed by atoms with Crippen molar-refractivity contribution in [1.29, 1.82) is 0 Å². The number of rotatable bonds is 7. The van der Waals surface area contributed by atoms with Gasteiger partial charge in [-0.15, -0.1) is 0 Å². The summed E-state index contributed by atoms with van der Waals surface area (Å²) in [7, 11) is -3.55. The third-order valence-electron chi connectivity index (χ3n) is 5.96. The monoisotopic (exact) mass is 431 g/mol. The molecule has 0 radical (unpaired) electrons. The van der Waals surface area contributed by atoms with Crippen LogP contribution in [0, 0.1) is 0 Å². The maximum Gasteiger partial charge on any atom is 0.251 e. The predicted octanol–water partition coefficient (Wildman–Crippen LogP) is 3.02. The molecule has 2 aromatic rings. The molecule has 2 saturated heterocycles. The summed E-state index contributed by atoms with van der Waals surface area (Å²) in [5.74, 6) is 0.560. The zero-order chi connectivity index (χ0) is 21.0. The number of amides is 1. The second-order valence-corrected chi connectivity index (χ2v) is 9.91. The molecule has 1 unspecified atom stereocenters. The number of piperidine rings is 1. The highest BCUT2D eigenvalue weighted by Crippen LogP contribution is 2.25. The minimum absolute atomic E-state index is 0.0271. The van der Waals surface area contributed by atoms with Gasteiger partial charge in [-0.3, -0.25) is 9.69 Å². The Morgan fingerprint density at radius 2 is 1.73 bits per heavy atom. The molecular weight excluding hydrogens is 402 g/mol. The number of nitrogens with zero attached hydrogens (tertiary/aromatic N) is 2. The molecule has 30 heavy (non-hydrogen) atoms. The van der Waals surface area contributed by atoms with Crippen LogP contribution < -0.4 is 5.32 Å². The van der Waals surface area contributed by atoms with Gasteiger partial charge < -0.3 is 9.73 Å². The van der Waals surface area contributed by atoms with E-state index in [2.05, 4.69) is 10.2 Å². The first-order chi connectivity index (χ1) is 14.6. The van der Waals surface area contributed by atoms with Crippen LogP contribution in [-0.2, 0) is 10.0 Å². The molecule has 0 saturated carbocycles. The fourth-order valence-corrected chi connectivity index (χ4v) is 5.85. The van der Waals surface area contributed by atoms with Crippen molar-refractivity contribution in [3.05, 3.63) is 54.0 Å². The molecule has 2 fully saturated rings. The van der Waals surface area contributed by atoms with E-state index >= 15 is 0 Å². The van der Waals surface area contributed by atoms with Crippen LogP contribution in [0.3, 0.4) is 0 Å². The van der Waals surface area contributed by atoms with Crippen molar-refractivity contribution in [2.75, 3.05) is 32.7 Å². The lowest BCUT2D eigenvalue weighted by molar-refractivity contribution is 0.0914. The van der Waals surface area contributed by atoms with Gasteiger partial charge in [-0.2, -0.15) is 4.31 Å². The molecule has 162 valence electrons. The van der Waals surface area contributed by atoms with Gasteiger partial charge in [0.15, 0.2) is 0 Å². The van der Waals surface area contributed by atoms with Gasteiger partial charge in [0, 0.05) is 25.2 Å². The summed E-state index contributed by atoms with van der Waals surface area (Å²) in [4.78, 5) is 15.4. The third-order valence-corrected chi connectivity index (χ3v) is 7.85. The van der Waals surface area contributed by atoms with Gasteiger partial charge in [0.25, 0.3) is 5.91 Å². The number of hydrogen-bond acceptors (Lipinski definition) is 5. The number of likely N-dealkylation sites (tertiary alicyclic amines) is 1. The van der Waals surface area contributed by atoms with Crippen LogP contribution in [-0.4, -0.2) is 56.3 Å². The first-order valence-electron chi connectivity index (χ1n) is 10.7. The van der Waals surface area contributed by atoms with Gasteiger partial charge in [-0.25, -0.2) is 8.42 Å². The van der Waals surface area contributed by atoms with E-state index < -0.39 is 10.0 Å². The Kier molecular flexibility index (Phi) is 6.55. The molecule has 7 nitrogen and oxygen atoms in total. The van der Waals surface area contributed by atoms with Crippen molar-refractivity contribution in [2.45, 2.75) is 43.0 Å². The minimum Gasteiger partial charge on any atom is -0.468 e. The number of nitrogens with one attached hydrogen (secondary N) is 1. The first-order valence-corrected chi connectivity index (χ1v) is 12.2. The van der Waals surface area contributed by atoms with E-state index in [1.165, 1.54) is 16.8 Å². The van der Waals surface area contributed by atoms with E-state index in [-0.39, 0.29) is 16.8 Å². The molecule has 2 aliphatic heterocycles. The molecular formula is C22H29N3O4S. The lowest BCUT2D eigenvalue weighted by atomic mass is 10.1. The largest absolute Gasteiger partial charge is 0.468 e. The highest BCUT2D eigenvalue weighted by atomic mass is 32.2. The molecule has 4 rings (SSSR count). The van der Waals surface area contributed by atoms with Gasteiger partial charge in [-0.05, 0) is 69.1 Å². The fraction of sp³-hybridized carbons (Fsp3) is 0.500. The summed E-state index contributed by atoms with van der Waals surface area (Å²) in [6.07, 6.45) is 6.92. The maximum absolute atomic E-state index is 12.8. The van der Waals surface area contributed by atoms with Gasteiger partial charge in [0.2, 0.25) is 10.0 Å². The highest BCUT2D eigenvalue weighted by Gasteiger charge is 2.28. The van der Waals surface area contributed by atoms with Crippen LogP contribution in [0.25, 0.3) is 0 Å². The predicted molar refractivity (Wildman–Crippen MR) is 114 cm³/mol. The quantitative estimate of drug-likeness (QED) is 0.729. The summed E-state index contributed by atoms with van der Waals surface area (Å²) in [6.45, 7) is 3.45. The van der Waals surface area contributed by atoms with E-state index in [1.807, 2.05) is 12.1 Å². The van der Waals surface area contributed by atoms with Crippen molar-refractivity contribution in [3.8, 4) is 0 Å². The number of furan rings is 1. The molecule has 8 heteroatoms. The average Bonchev–Trinajstić information content (AvgIpc) is 3.49. The van der Waals surface area contributed by atoms with Crippen molar-refractivity contribution in [1.82, 2.24) is 14.5 Å². The SMILES string of the molecule is O=C(NCC(c1ccco1)N1CCCCC1)c1cccc(S(=O)(=O)N2CCCC2)c1. The minimum atomic E-state index is -3.55. The van der Waals surface area contributed by atoms with Crippen LogP contribution in [0.5, 0.6) is 0 Å². The molecule has 0 aliphatic carbocycles. The zero-order valence-corrected chi connectivity index (χ0v) is 17.9. The van der Waals surface area contributed by atoms with Gasteiger partial charge >= 0.3 is 0 Å². The number of sulfonamides is 1. The molecule has 1 amide bonds. The van der Waals surface area contributed by atoms with Crippen molar-refractivity contribution in [3.63, 3.8) is 0 Å². The summed E-state index contributed by atoms with van der Waals surface area (Å²) in [5.41, 5.74) is 0.354. The lowest BCUT2D eigenvalue weighted by Gasteiger charge is -2.33. The molecule has 1 aromatic carbocycles. The standard InChI is InChI=1S/C22H29N3O4S/c26-22(18-8-6-9-19(16-18)30(27,28)25-13-4-5-14-25)23-17-20(21-10-7-15-29-21)24-11-2-1-3-12-24/h6-10,15-16,20H,1-5,11-14,17H2,(H,23,26). The van der Waals surface area contributed by atoms with E-state index in [9.17, 15) is 13.2 Å². The Balaban J connectivity index is 1.46. The molecule has 1 N–H and O–H groups in total. The first kappa shape index (κ1) is 21.1. The summed E-state index contributed by atoms with van der Waals surface area (Å²) in [6, 6.07) is 10.1. The van der Waals surface area contributed by atoms with Gasteiger partial charge in [0.05, 0.1) is 17.2 Å². The number of benzene rings is 1. The Bertz CT molecular complexity index is 947. The van der Waals surface area contributed by atoms with Crippen LogP contribution in [0.1, 0.15) is 54.3 Å². The normalized spacial score (nSPS) is 19.6. The van der Waals surface area contributed by atoms with Crippen LogP contribution in [0.4, 0.5) is 0 Å². The zero-order valence-electron chi connectivity index (χ0n) is 17.1. The van der Waals surface area contributed by atoms with Gasteiger partial charge in [-0.1, -0.05) is 12.5 Å². The number of carbonyl (C=O) groups is 1. The van der Waals surface area contributed by atoms with Gasteiger partial charge in [0.1, 0.15) is 5.76 Å². The average molecular weight is 432 g/mol. The van der Waals surface area contributed by atoms with Crippen LogP contribution >= 0.6 is 0 Å². The Labute approximate surface area is 178 Å². The number of hydrogen-bond donors (Lipinski definition) is 1. The van der Waals surface area contributed by atoms with Crippen molar-refractivity contribution >= 4 is 15.9 Å². The fourth-order valence-electron chi connectivity index (χ4n) is 4.29. The van der Waals surface area contributed by atoms with Crippen LogP contribution in [0.2, 0.25) is 0 Å². The van der Waals surface area contributed by atoms with E-state index in [0.717, 1.165) is 44.5 Å². The summed E-state index contributed by atoms with van der Waals surface area (Å²) >= 11 is 0. The molecule has 1 atom stereocenters. The second kappa shape index (κ2) is 9.32. The smallest absolute Gasteiger partial charge is 0.251 e.